The van der Waals surface area contributed by atoms with Crippen molar-refractivity contribution in [2.24, 2.45) is 11.8 Å². The first kappa shape index (κ1) is 18.3. The minimum absolute atomic E-state index is 0.369. The van der Waals surface area contributed by atoms with Crippen LogP contribution in [0.4, 0.5) is 10.5 Å². The maximum absolute atomic E-state index is 11.9. The van der Waals surface area contributed by atoms with Gasteiger partial charge in [-0.15, -0.1) is 0 Å². The molecule has 0 fully saturated rings. The Balaban J connectivity index is 1.74. The summed E-state index contributed by atoms with van der Waals surface area (Å²) in [6, 6.07) is 9.40. The summed E-state index contributed by atoms with van der Waals surface area (Å²) >= 11 is 0. The highest BCUT2D eigenvalue weighted by Gasteiger charge is 2.23. The Morgan fingerprint density at radius 3 is 2.71 bits per heavy atom. The quantitative estimate of drug-likeness (QED) is 0.655. The molecule has 1 aromatic rings. The fourth-order valence-electron chi connectivity index (χ4n) is 3.05. The number of hydrogen-bond donors (Lipinski definition) is 1. The summed E-state index contributed by atoms with van der Waals surface area (Å²) in [5.41, 5.74) is 3.70. The summed E-state index contributed by atoms with van der Waals surface area (Å²) in [6.45, 7) is 7.03. The van der Waals surface area contributed by atoms with Crippen molar-refractivity contribution in [3.05, 3.63) is 53.6 Å². The van der Waals surface area contributed by atoms with Gasteiger partial charge in [-0.3, -0.25) is 5.32 Å². The number of amides is 1. The van der Waals surface area contributed by atoms with Crippen LogP contribution in [-0.4, -0.2) is 12.7 Å². The Morgan fingerprint density at radius 2 is 2.04 bits per heavy atom. The van der Waals surface area contributed by atoms with Crippen LogP contribution in [0, 0.1) is 11.8 Å². The van der Waals surface area contributed by atoms with Crippen LogP contribution in [-0.2, 0) is 4.74 Å². The molecule has 2 rings (SSSR count). The second kappa shape index (κ2) is 9.31. The van der Waals surface area contributed by atoms with E-state index in [4.69, 9.17) is 4.74 Å². The lowest BCUT2D eigenvalue weighted by Crippen LogP contribution is -2.25. The van der Waals surface area contributed by atoms with Gasteiger partial charge < -0.3 is 4.74 Å². The molecule has 0 bridgehead atoms. The molecule has 0 radical (unpaired) electrons. The van der Waals surface area contributed by atoms with Crippen LogP contribution < -0.4 is 5.32 Å². The summed E-state index contributed by atoms with van der Waals surface area (Å²) in [5.74, 6) is 0.972. The molecule has 0 aliphatic heterocycles. The van der Waals surface area contributed by atoms with Gasteiger partial charge in [0.15, 0.2) is 0 Å². The maximum atomic E-state index is 11.9. The third-order valence-corrected chi connectivity index (χ3v) is 4.56. The van der Waals surface area contributed by atoms with Crippen molar-refractivity contribution in [1.82, 2.24) is 0 Å². The van der Waals surface area contributed by atoms with Crippen molar-refractivity contribution in [2.75, 3.05) is 11.9 Å². The fourth-order valence-corrected chi connectivity index (χ4v) is 3.05. The van der Waals surface area contributed by atoms with Gasteiger partial charge in [-0.05, 0) is 63.5 Å². The van der Waals surface area contributed by atoms with Gasteiger partial charge in [0.25, 0.3) is 0 Å². The molecule has 24 heavy (non-hydrogen) atoms. The largest absolute Gasteiger partial charge is 0.449 e. The molecule has 1 aliphatic rings. The molecule has 0 aromatic heterocycles. The lowest BCUT2D eigenvalue weighted by molar-refractivity contribution is 0.122. The molecule has 0 unspecified atom stereocenters. The molecule has 0 saturated carbocycles. The van der Waals surface area contributed by atoms with Crippen LogP contribution in [0.2, 0.25) is 0 Å². The lowest BCUT2D eigenvalue weighted by Gasteiger charge is -2.28. The minimum atomic E-state index is -0.369. The Bertz CT molecular complexity index is 585. The molecule has 0 heterocycles. The first-order valence-electron chi connectivity index (χ1n) is 8.84. The lowest BCUT2D eigenvalue weighted by atomic mass is 9.80. The number of hydrogen-bond acceptors (Lipinski definition) is 2. The number of carbonyl (C=O) groups is 1. The number of carbonyl (C=O) groups excluding carboxylic acids is 1. The number of anilines is 1. The van der Waals surface area contributed by atoms with Crippen molar-refractivity contribution < 1.29 is 9.53 Å². The summed E-state index contributed by atoms with van der Waals surface area (Å²) in [5, 5.41) is 2.76. The van der Waals surface area contributed by atoms with Gasteiger partial charge in [-0.25, -0.2) is 4.79 Å². The predicted octanol–water partition coefficient (Wildman–Crippen LogP) is 5.95. The summed E-state index contributed by atoms with van der Waals surface area (Å²) in [7, 11) is 0. The monoisotopic (exact) mass is 327 g/mol. The van der Waals surface area contributed by atoms with Crippen LogP contribution in [0.25, 0.3) is 0 Å². The molecule has 2 atom stereocenters. The van der Waals surface area contributed by atoms with Crippen molar-refractivity contribution in [2.45, 2.75) is 46.5 Å². The van der Waals surface area contributed by atoms with Crippen LogP contribution in [0.15, 0.2) is 53.6 Å². The SMILES string of the molecule is CC(C)=CCCC1=CC[C@@H](COC(=O)Nc2ccccc2)[C@H](C)C1. The van der Waals surface area contributed by atoms with Gasteiger partial charge in [0.1, 0.15) is 0 Å². The Hall–Kier alpha value is -2.03. The normalized spacial score (nSPS) is 20.0. The van der Waals surface area contributed by atoms with E-state index in [0.29, 0.717) is 18.4 Å². The zero-order valence-electron chi connectivity index (χ0n) is 15.0. The van der Waals surface area contributed by atoms with Crippen LogP contribution in [0.5, 0.6) is 0 Å². The minimum Gasteiger partial charge on any atom is -0.449 e. The molecule has 1 aliphatic carbocycles. The van der Waals surface area contributed by atoms with E-state index >= 15 is 0 Å². The Labute approximate surface area is 145 Å². The van der Waals surface area contributed by atoms with Gasteiger partial charge in [-0.2, -0.15) is 0 Å². The van der Waals surface area contributed by atoms with Gasteiger partial charge in [0.2, 0.25) is 0 Å². The highest BCUT2D eigenvalue weighted by molar-refractivity contribution is 5.84. The molecule has 1 amide bonds. The van der Waals surface area contributed by atoms with Crippen LogP contribution >= 0.6 is 0 Å². The van der Waals surface area contributed by atoms with E-state index in [1.54, 1.807) is 5.57 Å². The van der Waals surface area contributed by atoms with E-state index in [0.717, 1.165) is 31.4 Å². The molecule has 130 valence electrons. The zero-order chi connectivity index (χ0) is 17.4. The molecular weight excluding hydrogens is 298 g/mol. The van der Waals surface area contributed by atoms with Gasteiger partial charge in [0, 0.05) is 5.69 Å². The standard InChI is InChI=1S/C21H29NO2/c1-16(2)8-7-9-18-12-13-19(17(3)14-18)15-24-21(23)22-20-10-5-4-6-11-20/h4-6,8,10-12,17,19H,7,9,13-15H2,1-3H3,(H,22,23)/t17-,19+/m1/s1. The predicted molar refractivity (Wildman–Crippen MR) is 100 cm³/mol. The van der Waals surface area contributed by atoms with E-state index in [9.17, 15) is 4.79 Å². The number of rotatable bonds is 6. The summed E-state index contributed by atoms with van der Waals surface area (Å²) in [4.78, 5) is 11.9. The van der Waals surface area contributed by atoms with Gasteiger partial charge >= 0.3 is 6.09 Å². The highest BCUT2D eigenvalue weighted by Crippen LogP contribution is 2.31. The van der Waals surface area contributed by atoms with E-state index in [1.165, 1.54) is 5.57 Å². The van der Waals surface area contributed by atoms with E-state index in [1.807, 2.05) is 30.3 Å². The van der Waals surface area contributed by atoms with Gasteiger partial charge in [-0.1, -0.05) is 48.4 Å². The molecule has 3 heteroatoms. The second-order valence-corrected chi connectivity index (χ2v) is 6.95. The van der Waals surface area contributed by atoms with Crippen LogP contribution in [0.1, 0.15) is 46.5 Å². The van der Waals surface area contributed by atoms with Crippen LogP contribution in [0.3, 0.4) is 0 Å². The number of para-hydroxylation sites is 1. The average molecular weight is 327 g/mol. The van der Waals surface area contributed by atoms with Crippen molar-refractivity contribution in [3.63, 3.8) is 0 Å². The third-order valence-electron chi connectivity index (χ3n) is 4.56. The number of allylic oxidation sites excluding steroid dienone is 4. The van der Waals surface area contributed by atoms with E-state index < -0.39 is 0 Å². The second-order valence-electron chi connectivity index (χ2n) is 6.95. The van der Waals surface area contributed by atoms with Crippen molar-refractivity contribution in [1.29, 1.82) is 0 Å². The van der Waals surface area contributed by atoms with E-state index in [2.05, 4.69) is 38.2 Å². The number of nitrogens with one attached hydrogen (secondary N) is 1. The molecule has 0 spiro atoms. The molecule has 3 nitrogen and oxygen atoms in total. The number of ether oxygens (including phenoxy) is 1. The molecule has 0 saturated heterocycles. The summed E-state index contributed by atoms with van der Waals surface area (Å²) in [6.07, 6.45) is 8.68. The third kappa shape index (κ3) is 6.23. The van der Waals surface area contributed by atoms with Crippen molar-refractivity contribution in [3.8, 4) is 0 Å². The van der Waals surface area contributed by atoms with Crippen molar-refractivity contribution >= 4 is 11.8 Å². The first-order valence-corrected chi connectivity index (χ1v) is 8.84. The maximum Gasteiger partial charge on any atom is 0.411 e. The highest BCUT2D eigenvalue weighted by atomic mass is 16.5. The van der Waals surface area contributed by atoms with Gasteiger partial charge in [0.05, 0.1) is 6.61 Å². The number of benzene rings is 1. The zero-order valence-corrected chi connectivity index (χ0v) is 15.0. The summed E-state index contributed by atoms with van der Waals surface area (Å²) < 4.78 is 5.41. The fraction of sp³-hybridized carbons (Fsp3) is 0.476. The molecule has 1 aromatic carbocycles. The first-order chi connectivity index (χ1) is 11.5. The Morgan fingerprint density at radius 1 is 1.29 bits per heavy atom. The Kier molecular flexibility index (Phi) is 7.10. The topological polar surface area (TPSA) is 38.3 Å². The average Bonchev–Trinajstić information content (AvgIpc) is 2.54. The smallest absolute Gasteiger partial charge is 0.411 e. The van der Waals surface area contributed by atoms with E-state index in [-0.39, 0.29) is 6.09 Å². The molecule has 1 N–H and O–H groups in total. The molecular formula is C21H29NO2.